The van der Waals surface area contributed by atoms with Crippen LogP contribution in [0.25, 0.3) is 0 Å². The number of nitrogens with zero attached hydrogens (tertiary/aromatic N) is 1. The van der Waals surface area contributed by atoms with Crippen LogP contribution in [0, 0.1) is 28.6 Å². The number of nitrogens with two attached hydrogens (primary N) is 1. The largest absolute Gasteiger partial charge is 0.344 e. The summed E-state index contributed by atoms with van der Waals surface area (Å²) >= 11 is 0. The minimum Gasteiger partial charge on any atom is -0.344 e. The van der Waals surface area contributed by atoms with E-state index in [9.17, 15) is 4.79 Å². The van der Waals surface area contributed by atoms with Gasteiger partial charge in [0.05, 0.1) is 6.04 Å². The second-order valence-corrected chi connectivity index (χ2v) is 9.46. The van der Waals surface area contributed by atoms with Crippen molar-refractivity contribution < 1.29 is 4.79 Å². The van der Waals surface area contributed by atoms with Crippen molar-refractivity contribution in [1.29, 1.82) is 0 Å². The van der Waals surface area contributed by atoms with Crippen molar-refractivity contribution in [2.75, 3.05) is 13.6 Å². The zero-order valence-electron chi connectivity index (χ0n) is 14.2. The summed E-state index contributed by atoms with van der Waals surface area (Å²) in [5.41, 5.74) is 6.42. The van der Waals surface area contributed by atoms with Crippen molar-refractivity contribution >= 4 is 5.91 Å². The second kappa shape index (κ2) is 4.97. The number of amides is 1. The number of hydrogen-bond acceptors (Lipinski definition) is 2. The predicted molar refractivity (Wildman–Crippen MR) is 85.7 cm³/mol. The molecule has 2 N–H and O–H groups in total. The first-order valence-electron chi connectivity index (χ1n) is 8.69. The quantitative estimate of drug-likeness (QED) is 0.869. The Morgan fingerprint density at radius 2 is 1.57 bits per heavy atom. The van der Waals surface area contributed by atoms with Crippen LogP contribution in [-0.4, -0.2) is 30.4 Å². The fraction of sp³-hybridized carbons (Fsp3) is 0.944. The molecule has 0 unspecified atom stereocenters. The van der Waals surface area contributed by atoms with E-state index < -0.39 is 6.04 Å². The number of hydrogen-bond donors (Lipinski definition) is 1. The fourth-order valence-corrected chi connectivity index (χ4v) is 5.67. The standard InChI is InChI=1S/C18H32N2O/c1-17(2,3)15(19)16(21)20(4)11-18-8-12-5-13(9-18)7-14(6-12)10-18/h12-15H,5-11,19H2,1-4H3/t12?,13?,14?,15-,18?/m0/s1. The lowest BCUT2D eigenvalue weighted by Gasteiger charge is -2.57. The van der Waals surface area contributed by atoms with Gasteiger partial charge in [-0.1, -0.05) is 20.8 Å². The third-order valence-electron chi connectivity index (χ3n) is 6.31. The van der Waals surface area contributed by atoms with E-state index >= 15 is 0 Å². The Labute approximate surface area is 129 Å². The van der Waals surface area contributed by atoms with Gasteiger partial charge in [-0.2, -0.15) is 0 Å². The third-order valence-corrected chi connectivity index (χ3v) is 6.31. The molecule has 0 aromatic rings. The zero-order valence-corrected chi connectivity index (χ0v) is 14.2. The Hall–Kier alpha value is -0.570. The maximum absolute atomic E-state index is 12.6. The molecule has 4 aliphatic rings. The summed E-state index contributed by atoms with van der Waals surface area (Å²) in [5, 5.41) is 0. The van der Waals surface area contributed by atoms with Crippen molar-refractivity contribution in [3.63, 3.8) is 0 Å². The molecule has 4 rings (SSSR count). The monoisotopic (exact) mass is 292 g/mol. The summed E-state index contributed by atoms with van der Waals surface area (Å²) in [6, 6.07) is -0.392. The summed E-state index contributed by atoms with van der Waals surface area (Å²) in [6.45, 7) is 7.08. The van der Waals surface area contributed by atoms with Gasteiger partial charge in [0.2, 0.25) is 5.91 Å². The molecule has 4 bridgehead atoms. The number of carbonyl (C=O) groups excluding carboxylic acids is 1. The minimum atomic E-state index is -0.392. The van der Waals surface area contributed by atoms with E-state index in [1.807, 2.05) is 32.7 Å². The van der Waals surface area contributed by atoms with Crippen LogP contribution in [-0.2, 0) is 4.79 Å². The lowest BCUT2D eigenvalue weighted by Crippen LogP contribution is -2.55. The Morgan fingerprint density at radius 1 is 1.14 bits per heavy atom. The van der Waals surface area contributed by atoms with Crippen molar-refractivity contribution in [1.82, 2.24) is 4.90 Å². The molecule has 0 spiro atoms. The topological polar surface area (TPSA) is 46.3 Å². The van der Waals surface area contributed by atoms with Crippen LogP contribution < -0.4 is 5.73 Å². The molecule has 0 aromatic carbocycles. The van der Waals surface area contributed by atoms with Gasteiger partial charge in [0, 0.05) is 13.6 Å². The van der Waals surface area contributed by atoms with E-state index in [0.29, 0.717) is 5.41 Å². The van der Waals surface area contributed by atoms with Crippen LogP contribution >= 0.6 is 0 Å². The first kappa shape index (κ1) is 15.3. The van der Waals surface area contributed by atoms with Crippen LogP contribution in [0.15, 0.2) is 0 Å². The van der Waals surface area contributed by atoms with Gasteiger partial charge in [-0.15, -0.1) is 0 Å². The normalized spacial score (nSPS) is 39.4. The van der Waals surface area contributed by atoms with Crippen molar-refractivity contribution in [3.8, 4) is 0 Å². The Balaban J connectivity index is 1.67. The highest BCUT2D eigenvalue weighted by Gasteiger charge is 2.51. The highest BCUT2D eigenvalue weighted by atomic mass is 16.2. The molecule has 120 valence electrons. The lowest BCUT2D eigenvalue weighted by molar-refractivity contribution is -0.139. The first-order chi connectivity index (χ1) is 9.68. The van der Waals surface area contributed by atoms with E-state index in [2.05, 4.69) is 0 Å². The SMILES string of the molecule is CN(CC12CC3CC(CC(C3)C1)C2)C(=O)[C@H](N)C(C)(C)C. The smallest absolute Gasteiger partial charge is 0.239 e. The number of carbonyl (C=O) groups is 1. The van der Waals surface area contributed by atoms with E-state index in [4.69, 9.17) is 5.73 Å². The summed E-state index contributed by atoms with van der Waals surface area (Å²) in [6.07, 6.45) is 8.42. The predicted octanol–water partition coefficient (Wildman–Crippen LogP) is 3.03. The van der Waals surface area contributed by atoms with E-state index in [-0.39, 0.29) is 11.3 Å². The second-order valence-electron chi connectivity index (χ2n) is 9.46. The van der Waals surface area contributed by atoms with Gasteiger partial charge in [0.15, 0.2) is 0 Å². The lowest BCUT2D eigenvalue weighted by atomic mass is 9.49. The van der Waals surface area contributed by atoms with Gasteiger partial charge < -0.3 is 10.6 Å². The zero-order chi connectivity index (χ0) is 15.4. The van der Waals surface area contributed by atoms with Crippen molar-refractivity contribution in [3.05, 3.63) is 0 Å². The summed E-state index contributed by atoms with van der Waals surface area (Å²) in [7, 11) is 1.96. The van der Waals surface area contributed by atoms with Crippen LogP contribution in [0.1, 0.15) is 59.3 Å². The van der Waals surface area contributed by atoms with Gasteiger partial charge in [-0.3, -0.25) is 4.79 Å². The van der Waals surface area contributed by atoms with Crippen LogP contribution in [0.4, 0.5) is 0 Å². The summed E-state index contributed by atoms with van der Waals surface area (Å²) in [5.74, 6) is 2.95. The molecule has 0 aliphatic heterocycles. The third kappa shape index (κ3) is 2.86. The maximum Gasteiger partial charge on any atom is 0.239 e. The average Bonchev–Trinajstić information content (AvgIpc) is 2.33. The number of likely N-dealkylation sites (N-methyl/N-ethyl adjacent to an activating group) is 1. The molecule has 0 radical (unpaired) electrons. The molecule has 21 heavy (non-hydrogen) atoms. The summed E-state index contributed by atoms with van der Waals surface area (Å²) in [4.78, 5) is 14.6. The van der Waals surface area contributed by atoms with Gasteiger partial charge in [-0.25, -0.2) is 0 Å². The molecular formula is C18H32N2O. The molecule has 4 saturated carbocycles. The van der Waals surface area contributed by atoms with E-state index in [1.165, 1.54) is 38.5 Å². The van der Waals surface area contributed by atoms with Gasteiger partial charge in [-0.05, 0) is 67.1 Å². The Morgan fingerprint density at radius 3 is 1.95 bits per heavy atom. The van der Waals surface area contributed by atoms with Gasteiger partial charge in [0.25, 0.3) is 0 Å². The van der Waals surface area contributed by atoms with Gasteiger partial charge >= 0.3 is 0 Å². The molecule has 1 atom stereocenters. The van der Waals surface area contributed by atoms with Crippen molar-refractivity contribution in [2.24, 2.45) is 34.3 Å². The molecular weight excluding hydrogens is 260 g/mol. The molecule has 4 aliphatic carbocycles. The molecule has 0 saturated heterocycles. The number of rotatable bonds is 3. The highest BCUT2D eigenvalue weighted by Crippen LogP contribution is 2.60. The molecule has 4 fully saturated rings. The molecule has 1 amide bonds. The van der Waals surface area contributed by atoms with Crippen LogP contribution in [0.5, 0.6) is 0 Å². The fourth-order valence-electron chi connectivity index (χ4n) is 5.67. The molecule has 0 heterocycles. The molecule has 0 aromatic heterocycles. The van der Waals surface area contributed by atoms with E-state index in [0.717, 1.165) is 24.3 Å². The summed E-state index contributed by atoms with van der Waals surface area (Å²) < 4.78 is 0. The van der Waals surface area contributed by atoms with Crippen molar-refractivity contribution in [2.45, 2.75) is 65.3 Å². The van der Waals surface area contributed by atoms with Crippen LogP contribution in [0.3, 0.4) is 0 Å². The Kier molecular flexibility index (Phi) is 3.63. The van der Waals surface area contributed by atoms with Gasteiger partial charge in [0.1, 0.15) is 0 Å². The average molecular weight is 292 g/mol. The van der Waals surface area contributed by atoms with E-state index in [1.54, 1.807) is 0 Å². The molecule has 3 nitrogen and oxygen atoms in total. The van der Waals surface area contributed by atoms with Crippen LogP contribution in [0.2, 0.25) is 0 Å². The first-order valence-corrected chi connectivity index (χ1v) is 8.69. The highest BCUT2D eigenvalue weighted by molar-refractivity contribution is 5.82. The minimum absolute atomic E-state index is 0.123. The molecule has 3 heteroatoms. The Bertz CT molecular complexity index is 388. The maximum atomic E-state index is 12.6.